The number of rotatable bonds is 14. The maximum Gasteiger partial charge on any atom is 0.435 e. The van der Waals surface area contributed by atoms with Crippen LogP contribution in [-0.4, -0.2) is 58.6 Å². The number of carbonyl (C=O) groups excluding carboxylic acids is 3. The predicted octanol–water partition coefficient (Wildman–Crippen LogP) is 5.87. The number of methoxy groups -OCH3 is 1. The number of ether oxygens (including phenoxy) is 2. The minimum absolute atomic E-state index is 0.0244. The molecule has 0 radical (unpaired) electrons. The highest BCUT2D eigenvalue weighted by Crippen LogP contribution is 2.24. The van der Waals surface area contributed by atoms with Gasteiger partial charge in [0.25, 0.3) is 5.91 Å². The van der Waals surface area contributed by atoms with Crippen LogP contribution in [0.2, 0.25) is 5.02 Å². The third-order valence-electron chi connectivity index (χ3n) is 7.29. The summed E-state index contributed by atoms with van der Waals surface area (Å²) in [5.74, 6) is 0.384. The average Bonchev–Trinajstić information content (AvgIpc) is 3.38. The standard InChI is InChI=1S/C33H38ClN7O5/c1-4-5-6-9-18-46-33(44)39-31(35)24-13-12-23(20-25(24)34)37-21-29-38-26-19-22(11-14-27(26)40(29)2)32(43)41(17-15-30(42)45-3)28-10-7-8-16-36-28/h7-8,10-14,16,19-20,37H,4-6,9,15,17-18,21H2,1-3H3,(H2,35,39,44). The zero-order valence-corrected chi connectivity index (χ0v) is 26.9. The zero-order chi connectivity index (χ0) is 33.1. The van der Waals surface area contributed by atoms with Crippen molar-refractivity contribution in [2.24, 2.45) is 17.8 Å². The maximum atomic E-state index is 13.6. The van der Waals surface area contributed by atoms with Crippen molar-refractivity contribution in [3.63, 3.8) is 0 Å². The molecule has 4 rings (SSSR count). The lowest BCUT2D eigenvalue weighted by Gasteiger charge is -2.21. The van der Waals surface area contributed by atoms with Gasteiger partial charge in [0.2, 0.25) is 0 Å². The molecular weight excluding hydrogens is 610 g/mol. The Morgan fingerprint density at radius 2 is 1.91 bits per heavy atom. The normalized spacial score (nSPS) is 11.3. The van der Waals surface area contributed by atoms with Crippen molar-refractivity contribution in [1.82, 2.24) is 14.5 Å². The number of halogens is 1. The number of aromatic nitrogens is 3. The Hall–Kier alpha value is -4.97. The van der Waals surface area contributed by atoms with Gasteiger partial charge in [0.15, 0.2) is 0 Å². The summed E-state index contributed by atoms with van der Waals surface area (Å²) in [7, 11) is 3.20. The molecule has 0 fully saturated rings. The summed E-state index contributed by atoms with van der Waals surface area (Å²) in [4.78, 5) is 51.7. The van der Waals surface area contributed by atoms with E-state index in [9.17, 15) is 14.4 Å². The van der Waals surface area contributed by atoms with Crippen LogP contribution in [0.25, 0.3) is 11.0 Å². The van der Waals surface area contributed by atoms with Crippen LogP contribution in [0, 0.1) is 0 Å². The van der Waals surface area contributed by atoms with Gasteiger partial charge in [-0.1, -0.05) is 43.9 Å². The number of hydrogen-bond donors (Lipinski definition) is 2. The van der Waals surface area contributed by atoms with Crippen LogP contribution in [0.15, 0.2) is 65.8 Å². The fourth-order valence-electron chi connectivity index (χ4n) is 4.73. The number of aliphatic imine (C=N–C) groups is 1. The summed E-state index contributed by atoms with van der Waals surface area (Å²) in [6, 6.07) is 15.7. The summed E-state index contributed by atoms with van der Waals surface area (Å²) in [5.41, 5.74) is 9.03. The number of carbonyl (C=O) groups is 3. The average molecular weight is 648 g/mol. The second-order valence-electron chi connectivity index (χ2n) is 10.5. The summed E-state index contributed by atoms with van der Waals surface area (Å²) in [5, 5.41) is 3.62. The number of pyridine rings is 1. The summed E-state index contributed by atoms with van der Waals surface area (Å²) in [6.07, 6.45) is 4.82. The molecule has 2 aromatic carbocycles. The molecule has 2 aromatic heterocycles. The number of fused-ring (bicyclic) bond motifs is 1. The number of nitrogens with zero attached hydrogens (tertiary/aromatic N) is 5. The lowest BCUT2D eigenvalue weighted by molar-refractivity contribution is -0.140. The number of anilines is 2. The van der Waals surface area contributed by atoms with E-state index in [0.29, 0.717) is 46.3 Å². The molecule has 0 saturated carbocycles. The van der Waals surface area contributed by atoms with Crippen molar-refractivity contribution in [2.45, 2.75) is 45.6 Å². The molecule has 0 spiro atoms. The van der Waals surface area contributed by atoms with Crippen molar-refractivity contribution < 1.29 is 23.9 Å². The van der Waals surface area contributed by atoms with E-state index in [0.717, 1.165) is 37.0 Å². The molecule has 0 atom stereocenters. The number of nitrogens with two attached hydrogens (primary N) is 1. The molecular formula is C33H38ClN7O5. The molecule has 0 aliphatic carbocycles. The van der Waals surface area contributed by atoms with Crippen molar-refractivity contribution >= 4 is 57.9 Å². The highest BCUT2D eigenvalue weighted by atomic mass is 35.5. The number of hydrogen-bond acceptors (Lipinski definition) is 8. The van der Waals surface area contributed by atoms with Crippen LogP contribution in [0.1, 0.15) is 60.8 Å². The third kappa shape index (κ3) is 8.81. The van der Waals surface area contributed by atoms with E-state index >= 15 is 0 Å². The van der Waals surface area contributed by atoms with Gasteiger partial charge in [-0.05, 0) is 55.0 Å². The molecule has 0 bridgehead atoms. The molecule has 46 heavy (non-hydrogen) atoms. The van der Waals surface area contributed by atoms with E-state index in [1.165, 1.54) is 12.0 Å². The Bertz CT molecular complexity index is 1710. The Morgan fingerprint density at radius 3 is 2.63 bits per heavy atom. The van der Waals surface area contributed by atoms with Crippen LogP contribution in [0.4, 0.5) is 16.3 Å². The smallest absolute Gasteiger partial charge is 0.435 e. The molecule has 2 amide bonds. The Labute approximate surface area is 272 Å². The lowest BCUT2D eigenvalue weighted by Crippen LogP contribution is -2.33. The highest BCUT2D eigenvalue weighted by molar-refractivity contribution is 6.34. The van der Waals surface area contributed by atoms with Gasteiger partial charge >= 0.3 is 12.1 Å². The molecule has 3 N–H and O–H groups in total. The van der Waals surface area contributed by atoms with Gasteiger partial charge in [0, 0.05) is 36.6 Å². The number of benzene rings is 2. The van der Waals surface area contributed by atoms with Crippen molar-refractivity contribution in [1.29, 1.82) is 0 Å². The van der Waals surface area contributed by atoms with Gasteiger partial charge in [0.1, 0.15) is 17.5 Å². The maximum absolute atomic E-state index is 13.6. The lowest BCUT2D eigenvalue weighted by atomic mass is 10.1. The van der Waals surface area contributed by atoms with Crippen LogP contribution in [-0.2, 0) is 27.9 Å². The quantitative estimate of drug-likeness (QED) is 0.0740. The number of imidazole rings is 1. The molecule has 0 aliphatic rings. The summed E-state index contributed by atoms with van der Waals surface area (Å²) >= 11 is 6.47. The summed E-state index contributed by atoms with van der Waals surface area (Å²) < 4.78 is 11.8. The van der Waals surface area contributed by atoms with Gasteiger partial charge < -0.3 is 25.1 Å². The van der Waals surface area contributed by atoms with Gasteiger partial charge in [-0.25, -0.2) is 14.8 Å². The molecule has 4 aromatic rings. The fraction of sp³-hybridized carbons (Fsp3) is 0.333. The van der Waals surface area contributed by atoms with Gasteiger partial charge in [-0.15, -0.1) is 0 Å². The van der Waals surface area contributed by atoms with Gasteiger partial charge in [0.05, 0.1) is 42.7 Å². The first-order valence-corrected chi connectivity index (χ1v) is 15.4. The number of amides is 2. The number of nitrogens with one attached hydrogen (secondary N) is 1. The summed E-state index contributed by atoms with van der Waals surface area (Å²) in [6.45, 7) is 2.88. The van der Waals surface area contributed by atoms with Crippen LogP contribution < -0.4 is 16.0 Å². The Kier molecular flexibility index (Phi) is 12.1. The molecule has 13 heteroatoms. The van der Waals surface area contributed by atoms with Crippen molar-refractivity contribution in [2.75, 3.05) is 30.5 Å². The van der Waals surface area contributed by atoms with E-state index in [4.69, 9.17) is 31.8 Å². The van der Waals surface area contributed by atoms with E-state index in [2.05, 4.69) is 22.2 Å². The second kappa shape index (κ2) is 16.4. The fourth-order valence-corrected chi connectivity index (χ4v) is 5.01. The van der Waals surface area contributed by atoms with E-state index in [1.54, 1.807) is 54.7 Å². The molecule has 2 heterocycles. The molecule has 242 valence electrons. The number of aryl methyl sites for hydroxylation is 1. The first-order valence-electron chi connectivity index (χ1n) is 15.0. The van der Waals surface area contributed by atoms with Gasteiger partial charge in [-0.3, -0.25) is 14.5 Å². The SMILES string of the molecule is CCCCCCOC(=O)/N=C(/N)c1ccc(NCc2nc3cc(C(=O)N(CCC(=O)OC)c4ccccn4)ccc3n2C)cc1Cl. The van der Waals surface area contributed by atoms with Crippen LogP contribution in [0.3, 0.4) is 0 Å². The zero-order valence-electron chi connectivity index (χ0n) is 26.2. The first-order chi connectivity index (χ1) is 22.2. The predicted molar refractivity (Wildman–Crippen MR) is 178 cm³/mol. The molecule has 0 aliphatic heterocycles. The minimum Gasteiger partial charge on any atom is -0.469 e. The topological polar surface area (TPSA) is 154 Å². The number of unbranched alkanes of at least 4 members (excludes halogenated alkanes) is 3. The largest absolute Gasteiger partial charge is 0.469 e. The molecule has 12 nitrogen and oxygen atoms in total. The van der Waals surface area contributed by atoms with Crippen LogP contribution in [0.5, 0.6) is 0 Å². The van der Waals surface area contributed by atoms with E-state index in [-0.39, 0.29) is 24.7 Å². The number of esters is 1. The van der Waals surface area contributed by atoms with Crippen LogP contribution >= 0.6 is 11.6 Å². The molecule has 0 saturated heterocycles. The minimum atomic E-state index is -0.746. The van der Waals surface area contributed by atoms with Crippen molar-refractivity contribution in [3.05, 3.63) is 82.8 Å². The third-order valence-corrected chi connectivity index (χ3v) is 7.60. The van der Waals surface area contributed by atoms with E-state index in [1.807, 2.05) is 17.7 Å². The van der Waals surface area contributed by atoms with E-state index < -0.39 is 12.1 Å². The Balaban J connectivity index is 1.44. The van der Waals surface area contributed by atoms with Crippen molar-refractivity contribution in [3.8, 4) is 0 Å². The van der Waals surface area contributed by atoms with Gasteiger partial charge in [-0.2, -0.15) is 4.99 Å². The highest BCUT2D eigenvalue weighted by Gasteiger charge is 2.21. The Morgan fingerprint density at radius 1 is 1.09 bits per heavy atom. The number of amidine groups is 1. The monoisotopic (exact) mass is 647 g/mol. The first kappa shape index (κ1) is 33.9. The molecule has 0 unspecified atom stereocenters. The second-order valence-corrected chi connectivity index (χ2v) is 10.9.